The van der Waals surface area contributed by atoms with Gasteiger partial charge >= 0.3 is 0 Å². The van der Waals surface area contributed by atoms with Crippen LogP contribution < -0.4 is 5.32 Å². The minimum atomic E-state index is 0.0124. The van der Waals surface area contributed by atoms with Crippen molar-refractivity contribution >= 4 is 34.8 Å². The van der Waals surface area contributed by atoms with Gasteiger partial charge < -0.3 is 5.32 Å². The van der Waals surface area contributed by atoms with Gasteiger partial charge in [0.05, 0.1) is 16.1 Å². The highest BCUT2D eigenvalue weighted by Gasteiger charge is 2.17. The number of hydrogen-bond donors (Lipinski definition) is 1. The number of nitrogens with one attached hydrogen (secondary N) is 1. The molecule has 106 valence electrons. The summed E-state index contributed by atoms with van der Waals surface area (Å²) in [6.45, 7) is 3.03. The molecule has 0 radical (unpaired) electrons. The molecule has 0 aliphatic rings. The molecule has 1 nitrogen and oxygen atoms in total. The SMILES string of the molecule is CCCNC(c1ccc(Cl)cc1)c1cccc(Cl)c1Cl. The fourth-order valence-corrected chi connectivity index (χ4v) is 2.64. The second kappa shape index (κ2) is 7.33. The van der Waals surface area contributed by atoms with E-state index in [1.807, 2.05) is 36.4 Å². The maximum Gasteiger partial charge on any atom is 0.0643 e. The largest absolute Gasteiger partial charge is 0.306 e. The van der Waals surface area contributed by atoms with E-state index < -0.39 is 0 Å². The molecule has 1 unspecified atom stereocenters. The Labute approximate surface area is 134 Å². The van der Waals surface area contributed by atoms with E-state index in [2.05, 4.69) is 12.2 Å². The Morgan fingerprint density at radius 1 is 1.00 bits per heavy atom. The molecule has 20 heavy (non-hydrogen) atoms. The lowest BCUT2D eigenvalue weighted by Crippen LogP contribution is -2.23. The van der Waals surface area contributed by atoms with Crippen molar-refractivity contribution < 1.29 is 0 Å². The van der Waals surface area contributed by atoms with Gasteiger partial charge in [0, 0.05) is 5.02 Å². The van der Waals surface area contributed by atoms with Crippen molar-refractivity contribution in [2.24, 2.45) is 0 Å². The lowest BCUT2D eigenvalue weighted by atomic mass is 9.98. The van der Waals surface area contributed by atoms with E-state index >= 15 is 0 Å². The van der Waals surface area contributed by atoms with Crippen LogP contribution in [0.2, 0.25) is 15.1 Å². The van der Waals surface area contributed by atoms with E-state index in [9.17, 15) is 0 Å². The van der Waals surface area contributed by atoms with Gasteiger partial charge in [-0.1, -0.05) is 66.0 Å². The second-order valence-corrected chi connectivity index (χ2v) is 5.80. The van der Waals surface area contributed by atoms with E-state index in [-0.39, 0.29) is 6.04 Å². The Morgan fingerprint density at radius 2 is 1.70 bits per heavy atom. The van der Waals surface area contributed by atoms with Gasteiger partial charge in [-0.3, -0.25) is 0 Å². The molecule has 0 saturated heterocycles. The van der Waals surface area contributed by atoms with E-state index in [0.29, 0.717) is 10.0 Å². The lowest BCUT2D eigenvalue weighted by molar-refractivity contribution is 0.599. The Morgan fingerprint density at radius 3 is 2.35 bits per heavy atom. The summed E-state index contributed by atoms with van der Waals surface area (Å²) in [6.07, 6.45) is 1.04. The number of rotatable bonds is 5. The molecule has 2 aromatic carbocycles. The van der Waals surface area contributed by atoms with E-state index in [4.69, 9.17) is 34.8 Å². The molecule has 1 atom stereocenters. The zero-order valence-electron chi connectivity index (χ0n) is 11.2. The van der Waals surface area contributed by atoms with Crippen LogP contribution in [0.1, 0.15) is 30.5 Å². The first-order valence-electron chi connectivity index (χ1n) is 6.56. The Hall–Kier alpha value is -0.730. The Kier molecular flexibility index (Phi) is 5.74. The molecular weight excluding hydrogens is 313 g/mol. The first-order valence-corrected chi connectivity index (χ1v) is 7.69. The lowest BCUT2D eigenvalue weighted by Gasteiger charge is -2.21. The molecule has 0 aromatic heterocycles. The summed E-state index contributed by atoms with van der Waals surface area (Å²) in [7, 11) is 0. The van der Waals surface area contributed by atoms with Crippen LogP contribution in [0.3, 0.4) is 0 Å². The fraction of sp³-hybridized carbons (Fsp3) is 0.250. The third kappa shape index (κ3) is 3.67. The predicted molar refractivity (Wildman–Crippen MR) is 88.1 cm³/mol. The quantitative estimate of drug-likeness (QED) is 0.738. The van der Waals surface area contributed by atoms with Crippen molar-refractivity contribution in [3.63, 3.8) is 0 Å². The van der Waals surface area contributed by atoms with Crippen molar-refractivity contribution in [1.82, 2.24) is 5.32 Å². The molecule has 0 aliphatic carbocycles. The van der Waals surface area contributed by atoms with Crippen LogP contribution in [-0.4, -0.2) is 6.54 Å². The van der Waals surface area contributed by atoms with Gasteiger partial charge in [-0.05, 0) is 42.3 Å². The standard InChI is InChI=1S/C16H16Cl3N/c1-2-10-20-16(11-6-8-12(17)9-7-11)13-4-3-5-14(18)15(13)19/h3-9,16,20H,2,10H2,1H3. The van der Waals surface area contributed by atoms with Gasteiger partial charge in [0.25, 0.3) is 0 Å². The van der Waals surface area contributed by atoms with Crippen molar-refractivity contribution in [1.29, 1.82) is 0 Å². The average Bonchev–Trinajstić information content (AvgIpc) is 2.45. The molecule has 1 N–H and O–H groups in total. The van der Waals surface area contributed by atoms with Crippen molar-refractivity contribution in [3.8, 4) is 0 Å². The summed E-state index contributed by atoms with van der Waals surface area (Å²) in [4.78, 5) is 0. The summed E-state index contributed by atoms with van der Waals surface area (Å²) in [6, 6.07) is 13.5. The molecule has 0 amide bonds. The zero-order valence-corrected chi connectivity index (χ0v) is 13.4. The van der Waals surface area contributed by atoms with Crippen LogP contribution in [0.5, 0.6) is 0 Å². The summed E-state index contributed by atoms with van der Waals surface area (Å²) in [5.41, 5.74) is 2.10. The molecule has 4 heteroatoms. The third-order valence-corrected chi connectivity index (χ3v) is 4.18. The molecule has 2 rings (SSSR count). The normalized spacial score (nSPS) is 12.4. The highest BCUT2D eigenvalue weighted by molar-refractivity contribution is 6.42. The summed E-state index contributed by atoms with van der Waals surface area (Å²) in [5.74, 6) is 0. The Balaban J connectivity index is 2.41. The predicted octanol–water partition coefficient (Wildman–Crippen LogP) is 5.74. The monoisotopic (exact) mass is 327 g/mol. The van der Waals surface area contributed by atoms with Gasteiger partial charge in [0.15, 0.2) is 0 Å². The molecule has 0 fully saturated rings. The molecule has 0 saturated carbocycles. The average molecular weight is 329 g/mol. The molecule has 0 heterocycles. The van der Waals surface area contributed by atoms with Gasteiger partial charge in [0.2, 0.25) is 0 Å². The van der Waals surface area contributed by atoms with Crippen molar-refractivity contribution in [3.05, 3.63) is 68.7 Å². The number of benzene rings is 2. The highest BCUT2D eigenvalue weighted by Crippen LogP contribution is 2.33. The van der Waals surface area contributed by atoms with Gasteiger partial charge in [-0.15, -0.1) is 0 Å². The maximum absolute atomic E-state index is 6.35. The molecule has 0 spiro atoms. The Bertz CT molecular complexity index is 566. The van der Waals surface area contributed by atoms with E-state index in [0.717, 1.165) is 29.1 Å². The molecule has 0 bridgehead atoms. The zero-order chi connectivity index (χ0) is 14.5. The summed E-state index contributed by atoms with van der Waals surface area (Å²) < 4.78 is 0. The topological polar surface area (TPSA) is 12.0 Å². The van der Waals surface area contributed by atoms with Crippen LogP contribution in [0, 0.1) is 0 Å². The van der Waals surface area contributed by atoms with Crippen LogP contribution in [0.25, 0.3) is 0 Å². The summed E-state index contributed by atoms with van der Waals surface area (Å²) >= 11 is 18.4. The molecular formula is C16H16Cl3N. The van der Waals surface area contributed by atoms with Crippen LogP contribution in [0.4, 0.5) is 0 Å². The van der Waals surface area contributed by atoms with Gasteiger partial charge in [-0.25, -0.2) is 0 Å². The van der Waals surface area contributed by atoms with Crippen molar-refractivity contribution in [2.75, 3.05) is 6.54 Å². The first-order chi connectivity index (χ1) is 9.63. The molecule has 2 aromatic rings. The number of hydrogen-bond acceptors (Lipinski definition) is 1. The van der Waals surface area contributed by atoms with Crippen molar-refractivity contribution in [2.45, 2.75) is 19.4 Å². The highest BCUT2D eigenvalue weighted by atomic mass is 35.5. The minimum Gasteiger partial charge on any atom is -0.306 e. The van der Waals surface area contributed by atoms with Gasteiger partial charge in [0.1, 0.15) is 0 Å². The summed E-state index contributed by atoms with van der Waals surface area (Å²) in [5, 5.41) is 5.39. The van der Waals surface area contributed by atoms with E-state index in [1.165, 1.54) is 0 Å². The molecule has 0 aliphatic heterocycles. The van der Waals surface area contributed by atoms with Crippen LogP contribution in [0.15, 0.2) is 42.5 Å². The second-order valence-electron chi connectivity index (χ2n) is 4.58. The van der Waals surface area contributed by atoms with Crippen LogP contribution >= 0.6 is 34.8 Å². The smallest absolute Gasteiger partial charge is 0.0643 e. The van der Waals surface area contributed by atoms with Gasteiger partial charge in [-0.2, -0.15) is 0 Å². The fourth-order valence-electron chi connectivity index (χ4n) is 2.09. The minimum absolute atomic E-state index is 0.0124. The maximum atomic E-state index is 6.35. The third-order valence-electron chi connectivity index (χ3n) is 3.09. The van der Waals surface area contributed by atoms with Crippen LogP contribution in [-0.2, 0) is 0 Å². The van der Waals surface area contributed by atoms with E-state index in [1.54, 1.807) is 6.07 Å². The number of halogens is 3. The first kappa shape index (κ1) is 15.7.